The van der Waals surface area contributed by atoms with Crippen LogP contribution in [0.3, 0.4) is 0 Å². The maximum Gasteiger partial charge on any atom is 0.416 e. The fourth-order valence-electron chi connectivity index (χ4n) is 3.32. The molecule has 1 aliphatic heterocycles. The van der Waals surface area contributed by atoms with Crippen LogP contribution in [0.5, 0.6) is 5.75 Å². The van der Waals surface area contributed by atoms with Gasteiger partial charge in [-0.15, -0.1) is 0 Å². The second-order valence-electron chi connectivity index (χ2n) is 6.01. The van der Waals surface area contributed by atoms with Crippen molar-refractivity contribution in [2.24, 2.45) is 0 Å². The molecule has 0 aliphatic carbocycles. The van der Waals surface area contributed by atoms with Crippen LogP contribution in [0.1, 0.15) is 22.7 Å². The number of fused-ring (bicyclic) bond motifs is 1. The number of carbonyl (C=O) groups excluding carboxylic acids is 1. The molecule has 3 aromatic rings. The Bertz CT molecular complexity index is 865. The number of para-hydroxylation sites is 1. The van der Waals surface area contributed by atoms with E-state index in [0.717, 1.165) is 17.5 Å². The van der Waals surface area contributed by atoms with Crippen molar-refractivity contribution in [3.05, 3.63) is 95.8 Å². The average Bonchev–Trinajstić information content (AvgIpc) is 2.68. The fraction of sp³-hybridized carbons (Fsp3) is 0.143. The third kappa shape index (κ3) is 3.11. The van der Waals surface area contributed by atoms with Crippen molar-refractivity contribution in [3.63, 3.8) is 0 Å². The van der Waals surface area contributed by atoms with E-state index < -0.39 is 0 Å². The summed E-state index contributed by atoms with van der Waals surface area (Å²) in [5, 5.41) is 0. The highest BCUT2D eigenvalue weighted by molar-refractivity contribution is 5.72. The first-order valence-electron chi connectivity index (χ1n) is 8.34. The van der Waals surface area contributed by atoms with E-state index in [0.29, 0.717) is 12.3 Å². The van der Waals surface area contributed by atoms with Crippen molar-refractivity contribution in [2.45, 2.75) is 12.5 Å². The molecule has 4 nitrogen and oxygen atoms in total. The number of aromatic nitrogens is 1. The molecule has 25 heavy (non-hydrogen) atoms. The zero-order valence-corrected chi connectivity index (χ0v) is 13.7. The van der Waals surface area contributed by atoms with Gasteiger partial charge in [-0.05, 0) is 47.4 Å². The Morgan fingerprint density at radius 1 is 0.960 bits per heavy atom. The Balaban J connectivity index is 1.70. The molecule has 4 rings (SSSR count). The molecule has 0 bridgehead atoms. The van der Waals surface area contributed by atoms with Crippen LogP contribution in [0.25, 0.3) is 0 Å². The lowest BCUT2D eigenvalue weighted by molar-refractivity contribution is 0.136. The van der Waals surface area contributed by atoms with Gasteiger partial charge in [0.25, 0.3) is 0 Å². The Kier molecular flexibility index (Phi) is 4.17. The molecule has 2 heterocycles. The number of hydrogen-bond donors (Lipinski definition) is 0. The number of nitrogens with zero attached hydrogens (tertiary/aromatic N) is 2. The van der Waals surface area contributed by atoms with Crippen molar-refractivity contribution in [2.75, 3.05) is 6.54 Å². The summed E-state index contributed by atoms with van der Waals surface area (Å²) in [6, 6.07) is 21.2. The van der Waals surface area contributed by atoms with Crippen LogP contribution >= 0.6 is 0 Å². The van der Waals surface area contributed by atoms with E-state index in [-0.39, 0.29) is 12.1 Å². The topological polar surface area (TPSA) is 42.4 Å². The summed E-state index contributed by atoms with van der Waals surface area (Å²) >= 11 is 0. The van der Waals surface area contributed by atoms with Gasteiger partial charge in [-0.1, -0.05) is 42.5 Å². The molecule has 0 fully saturated rings. The van der Waals surface area contributed by atoms with Gasteiger partial charge in [0.2, 0.25) is 0 Å². The lowest BCUT2D eigenvalue weighted by atomic mass is 9.89. The predicted molar refractivity (Wildman–Crippen MR) is 95.4 cm³/mol. The molecule has 0 saturated carbocycles. The number of carbonyl (C=O) groups is 1. The number of hydrogen-bond acceptors (Lipinski definition) is 3. The Labute approximate surface area is 146 Å². The quantitative estimate of drug-likeness (QED) is 0.706. The van der Waals surface area contributed by atoms with Crippen LogP contribution in [0, 0.1) is 0 Å². The second kappa shape index (κ2) is 6.77. The summed E-state index contributed by atoms with van der Waals surface area (Å²) in [6.07, 6.45) is 4.00. The summed E-state index contributed by atoms with van der Waals surface area (Å²) < 4.78 is 5.59. The molecule has 0 saturated heterocycles. The van der Waals surface area contributed by atoms with Crippen LogP contribution in [0.15, 0.2) is 79.1 Å². The largest absolute Gasteiger partial charge is 0.416 e. The molecule has 0 N–H and O–H groups in total. The van der Waals surface area contributed by atoms with Gasteiger partial charge in [0.1, 0.15) is 5.75 Å². The van der Waals surface area contributed by atoms with E-state index in [1.807, 2.05) is 42.5 Å². The number of ether oxygens (including phenoxy) is 1. The van der Waals surface area contributed by atoms with Gasteiger partial charge in [-0.2, -0.15) is 0 Å². The number of rotatable bonds is 2. The van der Waals surface area contributed by atoms with E-state index in [4.69, 9.17) is 4.74 Å². The van der Waals surface area contributed by atoms with Gasteiger partial charge >= 0.3 is 6.09 Å². The smallest absolute Gasteiger partial charge is 0.410 e. The lowest BCUT2D eigenvalue weighted by Gasteiger charge is -2.36. The van der Waals surface area contributed by atoms with Crippen molar-refractivity contribution >= 4 is 6.09 Å². The highest BCUT2D eigenvalue weighted by atomic mass is 16.6. The maximum atomic E-state index is 12.8. The Morgan fingerprint density at radius 2 is 1.68 bits per heavy atom. The first-order valence-corrected chi connectivity index (χ1v) is 8.34. The zero-order chi connectivity index (χ0) is 17.1. The van der Waals surface area contributed by atoms with Gasteiger partial charge in [-0.25, -0.2) is 4.79 Å². The maximum absolute atomic E-state index is 12.8. The van der Waals surface area contributed by atoms with Crippen LogP contribution in [-0.2, 0) is 6.42 Å². The van der Waals surface area contributed by atoms with E-state index in [1.54, 1.807) is 29.4 Å². The van der Waals surface area contributed by atoms with Gasteiger partial charge in [-0.3, -0.25) is 9.88 Å². The highest BCUT2D eigenvalue weighted by Gasteiger charge is 2.33. The number of pyridine rings is 1. The minimum absolute atomic E-state index is 0.163. The normalized spacial score (nSPS) is 16.2. The van der Waals surface area contributed by atoms with Crippen LogP contribution in [0.2, 0.25) is 0 Å². The van der Waals surface area contributed by atoms with Crippen molar-refractivity contribution < 1.29 is 9.53 Å². The number of benzene rings is 2. The summed E-state index contributed by atoms with van der Waals surface area (Å²) in [5.41, 5.74) is 3.45. The molecule has 4 heteroatoms. The van der Waals surface area contributed by atoms with E-state index in [1.165, 1.54) is 5.56 Å². The molecule has 0 spiro atoms. The predicted octanol–water partition coefficient (Wildman–Crippen LogP) is 4.23. The summed E-state index contributed by atoms with van der Waals surface area (Å²) in [6.45, 7) is 0.621. The van der Waals surface area contributed by atoms with Crippen LogP contribution in [-0.4, -0.2) is 22.5 Å². The fourth-order valence-corrected chi connectivity index (χ4v) is 3.32. The van der Waals surface area contributed by atoms with Crippen LogP contribution < -0.4 is 4.74 Å². The SMILES string of the molecule is O=C(Oc1ccccc1)N1CCc2ccccc2C1c1ccncc1. The molecule has 1 atom stereocenters. The summed E-state index contributed by atoms with van der Waals surface area (Å²) in [7, 11) is 0. The van der Waals surface area contributed by atoms with E-state index in [2.05, 4.69) is 17.1 Å². The average molecular weight is 330 g/mol. The van der Waals surface area contributed by atoms with Gasteiger partial charge in [0.15, 0.2) is 0 Å². The monoisotopic (exact) mass is 330 g/mol. The molecule has 1 unspecified atom stereocenters. The van der Waals surface area contributed by atoms with Crippen molar-refractivity contribution in [1.29, 1.82) is 0 Å². The van der Waals surface area contributed by atoms with E-state index in [9.17, 15) is 4.79 Å². The highest BCUT2D eigenvalue weighted by Crippen LogP contribution is 2.35. The molecule has 124 valence electrons. The minimum Gasteiger partial charge on any atom is -0.410 e. The van der Waals surface area contributed by atoms with Crippen LogP contribution in [0.4, 0.5) is 4.79 Å². The zero-order valence-electron chi connectivity index (χ0n) is 13.7. The molecule has 0 radical (unpaired) electrons. The molecular formula is C21H18N2O2. The van der Waals surface area contributed by atoms with Gasteiger partial charge in [0.05, 0.1) is 6.04 Å². The first kappa shape index (κ1) is 15.4. The second-order valence-corrected chi connectivity index (χ2v) is 6.01. The summed E-state index contributed by atoms with van der Waals surface area (Å²) in [4.78, 5) is 18.7. The summed E-state index contributed by atoms with van der Waals surface area (Å²) in [5.74, 6) is 0.555. The standard InChI is InChI=1S/C21H18N2O2/c24-21(25-18-7-2-1-3-8-18)23-15-12-16-6-4-5-9-19(16)20(23)17-10-13-22-14-11-17/h1-11,13-14,20H,12,15H2. The molecule has 1 aliphatic rings. The number of amides is 1. The molecule has 1 amide bonds. The molecule has 2 aromatic carbocycles. The third-order valence-electron chi connectivity index (χ3n) is 4.49. The lowest BCUT2D eigenvalue weighted by Crippen LogP contribution is -2.42. The van der Waals surface area contributed by atoms with Gasteiger partial charge in [0, 0.05) is 18.9 Å². The van der Waals surface area contributed by atoms with E-state index >= 15 is 0 Å². The molecule has 1 aromatic heterocycles. The van der Waals surface area contributed by atoms with Gasteiger partial charge < -0.3 is 4.74 Å². The minimum atomic E-state index is -0.331. The Hall–Kier alpha value is -3.14. The van der Waals surface area contributed by atoms with Crippen molar-refractivity contribution in [3.8, 4) is 5.75 Å². The molecular weight excluding hydrogens is 312 g/mol. The first-order chi connectivity index (χ1) is 12.3. The van der Waals surface area contributed by atoms with Crippen molar-refractivity contribution in [1.82, 2.24) is 9.88 Å². The third-order valence-corrected chi connectivity index (χ3v) is 4.49. The Morgan fingerprint density at radius 3 is 2.48 bits per heavy atom.